The number of carbonyl (C=O) groups excluding carboxylic acids is 1. The fourth-order valence-corrected chi connectivity index (χ4v) is 2.21. The van der Waals surface area contributed by atoms with Crippen molar-refractivity contribution in [2.75, 3.05) is 18.4 Å². The summed E-state index contributed by atoms with van der Waals surface area (Å²) >= 11 is 0. The van der Waals surface area contributed by atoms with Gasteiger partial charge in [-0.3, -0.25) is 0 Å². The minimum absolute atomic E-state index is 0.0120. The molecule has 1 heterocycles. The van der Waals surface area contributed by atoms with Crippen LogP contribution in [0.1, 0.15) is 31.4 Å². The smallest absolute Gasteiger partial charge is 0.321 e. The number of amides is 2. The number of urea groups is 1. The molecule has 0 aliphatic carbocycles. The van der Waals surface area contributed by atoms with E-state index < -0.39 is 6.10 Å². The normalized spacial score (nSPS) is 21.0. The average Bonchev–Trinajstić information content (AvgIpc) is 2.39. The van der Waals surface area contributed by atoms with Gasteiger partial charge in [0.1, 0.15) is 0 Å². The summed E-state index contributed by atoms with van der Waals surface area (Å²) in [4.78, 5) is 13.7. The molecule has 0 spiro atoms. The number of nitrogens with one attached hydrogen (secondary N) is 1. The average molecular weight is 263 g/mol. The van der Waals surface area contributed by atoms with Crippen molar-refractivity contribution in [1.82, 2.24) is 4.90 Å². The highest BCUT2D eigenvalue weighted by Gasteiger charge is 2.21. The van der Waals surface area contributed by atoms with Crippen molar-refractivity contribution in [3.63, 3.8) is 0 Å². The molecule has 1 aromatic rings. The fraction of sp³-hybridized carbons (Fsp3) is 0.500. The largest absolute Gasteiger partial charge is 0.391 e. The molecule has 0 radical (unpaired) electrons. The zero-order chi connectivity index (χ0) is 13.8. The third kappa shape index (κ3) is 3.68. The Kier molecular flexibility index (Phi) is 4.39. The number of carbonyl (C=O) groups is 1. The van der Waals surface area contributed by atoms with E-state index in [1.165, 1.54) is 0 Å². The minimum Gasteiger partial charge on any atom is -0.391 e. The third-order valence-corrected chi connectivity index (χ3v) is 3.37. The Balaban J connectivity index is 1.94. The van der Waals surface area contributed by atoms with Gasteiger partial charge in [0, 0.05) is 24.8 Å². The third-order valence-electron chi connectivity index (χ3n) is 3.37. The number of nitrogens with zero attached hydrogens (tertiary/aromatic N) is 1. The SMILES string of the molecule is CC(N)c1ccc(NC(=O)N2CCCC(O)C2)cc1. The predicted molar refractivity (Wildman–Crippen MR) is 74.9 cm³/mol. The Labute approximate surface area is 113 Å². The number of hydrogen-bond donors (Lipinski definition) is 3. The first-order valence-corrected chi connectivity index (χ1v) is 6.66. The van der Waals surface area contributed by atoms with Crippen molar-refractivity contribution in [3.05, 3.63) is 29.8 Å². The van der Waals surface area contributed by atoms with Crippen molar-refractivity contribution < 1.29 is 9.90 Å². The van der Waals surface area contributed by atoms with Crippen LogP contribution in [0.2, 0.25) is 0 Å². The summed E-state index contributed by atoms with van der Waals surface area (Å²) in [5.74, 6) is 0. The highest BCUT2D eigenvalue weighted by molar-refractivity contribution is 5.89. The topological polar surface area (TPSA) is 78.6 Å². The van der Waals surface area contributed by atoms with E-state index in [0.717, 1.165) is 24.1 Å². The van der Waals surface area contributed by atoms with Crippen LogP contribution < -0.4 is 11.1 Å². The van der Waals surface area contributed by atoms with Crippen molar-refractivity contribution in [2.45, 2.75) is 31.9 Å². The lowest BCUT2D eigenvalue weighted by atomic mass is 10.1. The van der Waals surface area contributed by atoms with Gasteiger partial charge in [0.2, 0.25) is 0 Å². The molecule has 1 aliphatic rings. The molecule has 1 aromatic carbocycles. The van der Waals surface area contributed by atoms with Crippen LogP contribution >= 0.6 is 0 Å². The summed E-state index contributed by atoms with van der Waals surface area (Å²) in [6, 6.07) is 7.33. The summed E-state index contributed by atoms with van der Waals surface area (Å²) in [6.07, 6.45) is 1.21. The van der Waals surface area contributed by atoms with Crippen molar-refractivity contribution in [2.24, 2.45) is 5.73 Å². The van der Waals surface area contributed by atoms with Gasteiger partial charge in [0.05, 0.1) is 6.10 Å². The number of anilines is 1. The molecule has 0 bridgehead atoms. The summed E-state index contributed by atoms with van der Waals surface area (Å²) in [5, 5.41) is 12.4. The lowest BCUT2D eigenvalue weighted by Crippen LogP contribution is -2.44. The van der Waals surface area contributed by atoms with Gasteiger partial charge in [-0.2, -0.15) is 0 Å². The van der Waals surface area contributed by atoms with Gasteiger partial charge in [-0.1, -0.05) is 12.1 Å². The molecule has 1 aliphatic heterocycles. The van der Waals surface area contributed by atoms with Gasteiger partial charge in [0.15, 0.2) is 0 Å². The Morgan fingerprint density at radius 1 is 1.47 bits per heavy atom. The second-order valence-corrected chi connectivity index (χ2v) is 5.08. The molecule has 1 fully saturated rings. The molecule has 2 unspecified atom stereocenters. The van der Waals surface area contributed by atoms with E-state index in [4.69, 9.17) is 5.73 Å². The van der Waals surface area contributed by atoms with Crippen molar-refractivity contribution >= 4 is 11.7 Å². The molecule has 1 saturated heterocycles. The zero-order valence-electron chi connectivity index (χ0n) is 11.2. The number of aliphatic hydroxyl groups is 1. The van der Waals surface area contributed by atoms with Gasteiger partial charge >= 0.3 is 6.03 Å². The van der Waals surface area contributed by atoms with Gasteiger partial charge in [-0.25, -0.2) is 4.79 Å². The second-order valence-electron chi connectivity index (χ2n) is 5.08. The molecule has 4 N–H and O–H groups in total. The monoisotopic (exact) mass is 263 g/mol. The lowest BCUT2D eigenvalue weighted by molar-refractivity contribution is 0.0883. The van der Waals surface area contributed by atoms with E-state index in [2.05, 4.69) is 5.32 Å². The Hall–Kier alpha value is -1.59. The highest BCUT2D eigenvalue weighted by Crippen LogP contribution is 2.16. The summed E-state index contributed by atoms with van der Waals surface area (Å²) in [7, 11) is 0. The standard InChI is InChI=1S/C14H21N3O2/c1-10(15)11-4-6-12(7-5-11)16-14(19)17-8-2-3-13(18)9-17/h4-7,10,13,18H,2-3,8-9,15H2,1H3,(H,16,19). The molecule has 104 valence electrons. The molecule has 2 rings (SSSR count). The Morgan fingerprint density at radius 2 is 2.16 bits per heavy atom. The Bertz CT molecular complexity index is 431. The quantitative estimate of drug-likeness (QED) is 0.760. The summed E-state index contributed by atoms with van der Waals surface area (Å²) < 4.78 is 0. The molecule has 0 saturated carbocycles. The van der Waals surface area contributed by atoms with Crippen LogP contribution in [-0.2, 0) is 0 Å². The number of likely N-dealkylation sites (tertiary alicyclic amines) is 1. The number of piperidine rings is 1. The molecular formula is C14H21N3O2. The molecule has 0 aromatic heterocycles. The maximum absolute atomic E-state index is 12.0. The lowest BCUT2D eigenvalue weighted by Gasteiger charge is -2.30. The maximum Gasteiger partial charge on any atom is 0.321 e. The van der Waals surface area contributed by atoms with Crippen LogP contribution in [0.3, 0.4) is 0 Å². The maximum atomic E-state index is 12.0. The molecule has 2 amide bonds. The molecule has 19 heavy (non-hydrogen) atoms. The predicted octanol–water partition coefficient (Wildman–Crippen LogP) is 1.69. The van der Waals surface area contributed by atoms with Crippen LogP contribution in [0.25, 0.3) is 0 Å². The molecular weight excluding hydrogens is 242 g/mol. The van der Waals surface area contributed by atoms with Crippen molar-refractivity contribution in [3.8, 4) is 0 Å². The molecule has 2 atom stereocenters. The number of nitrogens with two attached hydrogens (primary N) is 1. The first-order valence-electron chi connectivity index (χ1n) is 6.66. The number of β-amino-alcohol motifs (C(OH)–C–C–N with tert-alkyl or cyclic N) is 1. The van der Waals surface area contributed by atoms with E-state index in [1.54, 1.807) is 4.90 Å². The van der Waals surface area contributed by atoms with E-state index in [0.29, 0.717) is 13.1 Å². The van der Waals surface area contributed by atoms with Crippen LogP contribution in [-0.4, -0.2) is 35.2 Å². The van der Waals surface area contributed by atoms with Gasteiger partial charge in [-0.05, 0) is 37.5 Å². The van der Waals surface area contributed by atoms with E-state index >= 15 is 0 Å². The number of hydrogen-bond acceptors (Lipinski definition) is 3. The minimum atomic E-state index is -0.403. The number of aliphatic hydroxyl groups excluding tert-OH is 1. The summed E-state index contributed by atoms with van der Waals surface area (Å²) in [6.45, 7) is 3.02. The zero-order valence-corrected chi connectivity index (χ0v) is 11.2. The molecule has 5 heteroatoms. The number of rotatable bonds is 2. The van der Waals surface area contributed by atoms with E-state index in [1.807, 2.05) is 31.2 Å². The van der Waals surface area contributed by atoms with Gasteiger partial charge < -0.3 is 21.1 Å². The highest BCUT2D eigenvalue weighted by atomic mass is 16.3. The van der Waals surface area contributed by atoms with Crippen LogP contribution in [0, 0.1) is 0 Å². The van der Waals surface area contributed by atoms with E-state index in [-0.39, 0.29) is 12.1 Å². The van der Waals surface area contributed by atoms with Gasteiger partial charge in [0.25, 0.3) is 0 Å². The fourth-order valence-electron chi connectivity index (χ4n) is 2.21. The Morgan fingerprint density at radius 3 is 2.74 bits per heavy atom. The molecule has 5 nitrogen and oxygen atoms in total. The van der Waals surface area contributed by atoms with Crippen LogP contribution in [0.4, 0.5) is 10.5 Å². The number of benzene rings is 1. The second kappa shape index (κ2) is 6.04. The van der Waals surface area contributed by atoms with Crippen LogP contribution in [0.15, 0.2) is 24.3 Å². The summed E-state index contributed by atoms with van der Waals surface area (Å²) in [5.41, 5.74) is 7.55. The van der Waals surface area contributed by atoms with E-state index in [9.17, 15) is 9.90 Å². The van der Waals surface area contributed by atoms with Crippen molar-refractivity contribution in [1.29, 1.82) is 0 Å². The first-order chi connectivity index (χ1) is 9.06. The van der Waals surface area contributed by atoms with Gasteiger partial charge in [-0.15, -0.1) is 0 Å². The van der Waals surface area contributed by atoms with Crippen LogP contribution in [0.5, 0.6) is 0 Å². The first kappa shape index (κ1) is 13.8.